The third-order valence-electron chi connectivity index (χ3n) is 5.35. The quantitative estimate of drug-likeness (QED) is 0.617. The standard InChI is InChI=1S/C22H27N5O3/c1-3-27-20-16(13-23-27)12-18-24-17(20)10-7-11-30-21(14(2)28)19(26-22(29)25-18)15-8-5-4-6-9-15/h4-6,8-9,12-14,19,21,28H,3,7,10-11H2,1-2H3,(H2,24,25,26,29)/t14-,19+,21-/m1/s1. The molecule has 30 heavy (non-hydrogen) atoms. The number of rotatable bonds is 3. The molecule has 3 atom stereocenters. The lowest BCUT2D eigenvalue weighted by Crippen LogP contribution is -2.44. The van der Waals surface area contributed by atoms with E-state index in [-0.39, 0.29) is 0 Å². The topological polar surface area (TPSA) is 101 Å². The second-order valence-electron chi connectivity index (χ2n) is 7.52. The molecular formula is C22H27N5O3. The maximum atomic E-state index is 12.8. The highest BCUT2D eigenvalue weighted by Gasteiger charge is 2.30. The Morgan fingerprint density at radius 2 is 2.13 bits per heavy atom. The first kappa shape index (κ1) is 20.3. The molecule has 0 saturated carbocycles. The van der Waals surface area contributed by atoms with Gasteiger partial charge < -0.3 is 15.2 Å². The van der Waals surface area contributed by atoms with E-state index in [1.807, 2.05) is 48.0 Å². The number of aliphatic hydroxyl groups is 1. The zero-order chi connectivity index (χ0) is 21.1. The number of benzene rings is 1. The number of hydrogen-bond donors (Lipinski definition) is 3. The Labute approximate surface area is 175 Å². The number of ether oxygens (including phenoxy) is 1. The third-order valence-corrected chi connectivity index (χ3v) is 5.35. The van der Waals surface area contributed by atoms with Crippen LogP contribution >= 0.6 is 0 Å². The van der Waals surface area contributed by atoms with Gasteiger partial charge in [0.25, 0.3) is 0 Å². The number of amides is 2. The van der Waals surface area contributed by atoms with E-state index >= 15 is 0 Å². The predicted molar refractivity (Wildman–Crippen MR) is 114 cm³/mol. The molecule has 0 unspecified atom stereocenters. The Balaban J connectivity index is 1.70. The smallest absolute Gasteiger partial charge is 0.320 e. The number of nitrogens with zero attached hydrogens (tertiary/aromatic N) is 3. The van der Waals surface area contributed by atoms with Gasteiger partial charge in [-0.1, -0.05) is 30.3 Å². The van der Waals surface area contributed by atoms with Gasteiger partial charge in [0, 0.05) is 18.5 Å². The molecular weight excluding hydrogens is 382 g/mol. The number of nitrogens with one attached hydrogen (secondary N) is 2. The second-order valence-corrected chi connectivity index (χ2v) is 7.52. The van der Waals surface area contributed by atoms with Gasteiger partial charge in [-0.2, -0.15) is 5.10 Å². The number of pyridine rings is 1. The van der Waals surface area contributed by atoms with E-state index in [4.69, 9.17) is 4.74 Å². The third kappa shape index (κ3) is 4.15. The van der Waals surface area contributed by atoms with Crippen molar-refractivity contribution in [1.29, 1.82) is 0 Å². The van der Waals surface area contributed by atoms with Crippen LogP contribution in [0.3, 0.4) is 0 Å². The second kappa shape index (κ2) is 8.81. The summed E-state index contributed by atoms with van der Waals surface area (Å²) in [5, 5.41) is 21.6. The Bertz CT molecular complexity index is 1020. The molecule has 4 rings (SSSR count). The number of aryl methyl sites for hydroxylation is 2. The zero-order valence-corrected chi connectivity index (χ0v) is 17.2. The maximum absolute atomic E-state index is 12.8. The molecule has 8 heteroatoms. The van der Waals surface area contributed by atoms with Gasteiger partial charge in [0.2, 0.25) is 0 Å². The highest BCUT2D eigenvalue weighted by molar-refractivity contribution is 5.92. The summed E-state index contributed by atoms with van der Waals surface area (Å²) in [5.41, 5.74) is 2.72. The number of fused-ring (bicyclic) bond motifs is 4. The van der Waals surface area contributed by atoms with Crippen LogP contribution in [0.25, 0.3) is 10.9 Å². The van der Waals surface area contributed by atoms with E-state index in [0.717, 1.165) is 35.1 Å². The van der Waals surface area contributed by atoms with Gasteiger partial charge in [0.15, 0.2) is 0 Å². The first-order valence-corrected chi connectivity index (χ1v) is 10.3. The van der Waals surface area contributed by atoms with Crippen molar-refractivity contribution < 1.29 is 14.6 Å². The summed E-state index contributed by atoms with van der Waals surface area (Å²) in [6.07, 6.45) is 1.87. The van der Waals surface area contributed by atoms with Crippen molar-refractivity contribution in [2.45, 2.75) is 51.5 Å². The van der Waals surface area contributed by atoms with Gasteiger partial charge in [-0.15, -0.1) is 0 Å². The number of aromatic nitrogens is 3. The van der Waals surface area contributed by atoms with Crippen molar-refractivity contribution in [2.24, 2.45) is 0 Å². The van der Waals surface area contributed by atoms with Gasteiger partial charge >= 0.3 is 6.03 Å². The molecule has 1 aliphatic rings. The van der Waals surface area contributed by atoms with Crippen LogP contribution in [-0.4, -0.2) is 44.7 Å². The summed E-state index contributed by atoms with van der Waals surface area (Å²) < 4.78 is 7.99. The predicted octanol–water partition coefficient (Wildman–Crippen LogP) is 3.03. The highest BCUT2D eigenvalue weighted by Crippen LogP contribution is 2.26. The average molecular weight is 409 g/mol. The molecule has 1 aliphatic heterocycles. The van der Waals surface area contributed by atoms with Crippen LogP contribution < -0.4 is 10.6 Å². The fourth-order valence-corrected chi connectivity index (χ4v) is 3.96. The highest BCUT2D eigenvalue weighted by atomic mass is 16.5. The van der Waals surface area contributed by atoms with E-state index in [1.54, 1.807) is 13.1 Å². The molecule has 158 valence electrons. The maximum Gasteiger partial charge on any atom is 0.320 e. The molecule has 0 radical (unpaired) electrons. The van der Waals surface area contributed by atoms with Crippen molar-refractivity contribution in [2.75, 3.05) is 11.9 Å². The molecule has 0 spiro atoms. The van der Waals surface area contributed by atoms with E-state index in [0.29, 0.717) is 18.8 Å². The number of aliphatic hydroxyl groups excluding tert-OH is 1. The lowest BCUT2D eigenvalue weighted by atomic mass is 9.98. The minimum atomic E-state index is -0.761. The molecule has 2 bridgehead atoms. The molecule has 0 aliphatic carbocycles. The van der Waals surface area contributed by atoms with E-state index < -0.39 is 24.3 Å². The van der Waals surface area contributed by atoms with E-state index in [1.165, 1.54) is 0 Å². The largest absolute Gasteiger partial charge is 0.391 e. The molecule has 8 nitrogen and oxygen atoms in total. The fourth-order valence-electron chi connectivity index (χ4n) is 3.96. The Morgan fingerprint density at radius 1 is 1.33 bits per heavy atom. The molecule has 3 heterocycles. The van der Waals surface area contributed by atoms with Gasteiger partial charge in [-0.05, 0) is 38.3 Å². The van der Waals surface area contributed by atoms with Crippen LogP contribution in [0.2, 0.25) is 0 Å². The molecule has 1 aromatic carbocycles. The summed E-state index contributed by atoms with van der Waals surface area (Å²) in [5.74, 6) is 0.479. The van der Waals surface area contributed by atoms with Gasteiger partial charge in [-0.25, -0.2) is 9.78 Å². The van der Waals surface area contributed by atoms with Crippen LogP contribution in [0.15, 0.2) is 42.6 Å². The minimum Gasteiger partial charge on any atom is -0.391 e. The Kier molecular flexibility index (Phi) is 5.96. The average Bonchev–Trinajstić information content (AvgIpc) is 3.15. The lowest BCUT2D eigenvalue weighted by molar-refractivity contribution is -0.0485. The normalized spacial score (nSPS) is 21.2. The van der Waals surface area contributed by atoms with Crippen LogP contribution in [0.4, 0.5) is 10.6 Å². The monoisotopic (exact) mass is 409 g/mol. The zero-order valence-electron chi connectivity index (χ0n) is 17.2. The van der Waals surface area contributed by atoms with Gasteiger partial charge in [0.1, 0.15) is 11.9 Å². The van der Waals surface area contributed by atoms with Crippen LogP contribution in [0, 0.1) is 0 Å². The molecule has 2 aromatic heterocycles. The van der Waals surface area contributed by atoms with Gasteiger partial charge in [-0.3, -0.25) is 10.00 Å². The van der Waals surface area contributed by atoms with Crippen molar-refractivity contribution >= 4 is 22.8 Å². The number of anilines is 1. The molecule has 2 amide bonds. The first-order chi connectivity index (χ1) is 14.6. The van der Waals surface area contributed by atoms with Crippen molar-refractivity contribution in [3.8, 4) is 0 Å². The first-order valence-electron chi connectivity index (χ1n) is 10.3. The molecule has 0 fully saturated rings. The number of hydrogen-bond acceptors (Lipinski definition) is 5. The van der Waals surface area contributed by atoms with Crippen molar-refractivity contribution in [1.82, 2.24) is 20.1 Å². The molecule has 3 N–H and O–H groups in total. The molecule has 3 aromatic rings. The summed E-state index contributed by atoms with van der Waals surface area (Å²) in [4.78, 5) is 17.5. The van der Waals surface area contributed by atoms with E-state index in [2.05, 4.69) is 20.7 Å². The number of carbonyl (C=O) groups excluding carboxylic acids is 1. The van der Waals surface area contributed by atoms with Gasteiger partial charge in [0.05, 0.1) is 29.6 Å². The summed E-state index contributed by atoms with van der Waals surface area (Å²) in [6.45, 7) is 4.90. The SMILES string of the molecule is CCn1ncc2cc3nc(c21)CCCO[C@H]([C@@H](C)O)[C@H](c1ccccc1)NC(=O)N3. The van der Waals surface area contributed by atoms with Crippen LogP contribution in [0.1, 0.15) is 37.6 Å². The van der Waals surface area contributed by atoms with Crippen LogP contribution in [0.5, 0.6) is 0 Å². The fraction of sp³-hybridized carbons (Fsp3) is 0.409. The van der Waals surface area contributed by atoms with Crippen LogP contribution in [-0.2, 0) is 17.7 Å². The Hall–Kier alpha value is -2.97. The van der Waals surface area contributed by atoms with E-state index in [9.17, 15) is 9.90 Å². The summed E-state index contributed by atoms with van der Waals surface area (Å²) >= 11 is 0. The summed E-state index contributed by atoms with van der Waals surface area (Å²) in [6, 6.07) is 10.5. The van der Waals surface area contributed by atoms with Crippen molar-refractivity contribution in [3.63, 3.8) is 0 Å². The Morgan fingerprint density at radius 3 is 2.87 bits per heavy atom. The molecule has 0 saturated heterocycles. The lowest BCUT2D eigenvalue weighted by Gasteiger charge is -2.31. The number of urea groups is 1. The summed E-state index contributed by atoms with van der Waals surface area (Å²) in [7, 11) is 0. The number of carbonyl (C=O) groups is 1. The van der Waals surface area contributed by atoms with Crippen molar-refractivity contribution in [3.05, 3.63) is 53.9 Å². The minimum absolute atomic E-state index is 0.403.